The molecular weight excluding hydrogens is 280 g/mol. The molecule has 1 fully saturated rings. The van der Waals surface area contributed by atoms with Gasteiger partial charge in [0.25, 0.3) is 0 Å². The first kappa shape index (κ1) is 16.3. The minimum atomic E-state index is -0.501. The second-order valence-electron chi connectivity index (χ2n) is 5.44. The van der Waals surface area contributed by atoms with Crippen LogP contribution in [-0.2, 0) is 9.47 Å². The molecule has 118 valence electrons. The summed E-state index contributed by atoms with van der Waals surface area (Å²) in [5.74, 6) is 2.20. The van der Waals surface area contributed by atoms with Crippen LogP contribution in [0, 0.1) is 12.3 Å². The lowest BCUT2D eigenvalue weighted by Gasteiger charge is -2.40. The summed E-state index contributed by atoms with van der Waals surface area (Å²) in [6.07, 6.45) is 6.99. The van der Waals surface area contributed by atoms with Gasteiger partial charge >= 0.3 is 0 Å². The van der Waals surface area contributed by atoms with E-state index in [1.807, 2.05) is 17.9 Å². The van der Waals surface area contributed by atoms with Gasteiger partial charge in [-0.15, -0.1) is 6.42 Å². The average Bonchev–Trinajstić information content (AvgIpc) is 2.52. The van der Waals surface area contributed by atoms with E-state index in [4.69, 9.17) is 21.6 Å². The standard InChI is InChI=1S/C17H22N2O3/c1-4-16(21-3)19(15-8-9-22-12(2)10-15)14-7-5-6-13(11-14)17(18)20/h1,5-7,11-12,15-16H,8-10H2,2-3H3,(H2,18,20). The fraction of sp³-hybridized carbons (Fsp3) is 0.471. The summed E-state index contributed by atoms with van der Waals surface area (Å²) in [5, 5.41) is 0. The average molecular weight is 302 g/mol. The molecule has 3 atom stereocenters. The van der Waals surface area contributed by atoms with Gasteiger partial charge in [-0.25, -0.2) is 0 Å². The lowest BCUT2D eigenvalue weighted by molar-refractivity contribution is 0.0108. The zero-order chi connectivity index (χ0) is 16.1. The number of anilines is 1. The summed E-state index contributed by atoms with van der Waals surface area (Å²) >= 11 is 0. The number of carbonyl (C=O) groups excluding carboxylic acids is 1. The highest BCUT2D eigenvalue weighted by Gasteiger charge is 2.30. The summed E-state index contributed by atoms with van der Waals surface area (Å²) in [6, 6.07) is 7.35. The molecule has 1 aromatic carbocycles. The van der Waals surface area contributed by atoms with Crippen LogP contribution >= 0.6 is 0 Å². The van der Waals surface area contributed by atoms with Crippen molar-refractivity contribution in [3.05, 3.63) is 29.8 Å². The highest BCUT2D eigenvalue weighted by molar-refractivity contribution is 5.93. The summed E-state index contributed by atoms with van der Waals surface area (Å²) in [6.45, 7) is 2.72. The molecule has 0 bridgehead atoms. The number of hydrogen-bond donors (Lipinski definition) is 1. The lowest BCUT2D eigenvalue weighted by Crippen LogP contribution is -2.48. The van der Waals surface area contributed by atoms with Crippen LogP contribution in [0.25, 0.3) is 0 Å². The Morgan fingerprint density at radius 3 is 2.95 bits per heavy atom. The molecule has 2 N–H and O–H groups in total. The van der Waals surface area contributed by atoms with Crippen LogP contribution < -0.4 is 10.6 Å². The van der Waals surface area contributed by atoms with Gasteiger partial charge in [-0.05, 0) is 38.0 Å². The Balaban J connectivity index is 2.37. The first-order chi connectivity index (χ1) is 10.6. The SMILES string of the molecule is C#CC(OC)N(c1cccc(C(N)=O)c1)C1CCOC(C)C1. The van der Waals surface area contributed by atoms with E-state index in [0.29, 0.717) is 12.2 Å². The number of carbonyl (C=O) groups is 1. The zero-order valence-corrected chi connectivity index (χ0v) is 13.0. The maximum atomic E-state index is 11.4. The fourth-order valence-corrected chi connectivity index (χ4v) is 2.85. The molecule has 1 aliphatic heterocycles. The van der Waals surface area contributed by atoms with E-state index in [1.165, 1.54) is 0 Å². The Kier molecular flexibility index (Phi) is 5.42. The summed E-state index contributed by atoms with van der Waals surface area (Å²) in [7, 11) is 1.58. The topological polar surface area (TPSA) is 64.8 Å². The minimum absolute atomic E-state index is 0.163. The van der Waals surface area contributed by atoms with Crippen molar-refractivity contribution in [3.63, 3.8) is 0 Å². The number of primary amides is 1. The molecule has 5 nitrogen and oxygen atoms in total. The number of ether oxygens (including phenoxy) is 2. The summed E-state index contributed by atoms with van der Waals surface area (Å²) in [5.41, 5.74) is 6.66. The molecule has 1 amide bonds. The molecule has 0 radical (unpaired) electrons. The van der Waals surface area contributed by atoms with Crippen LogP contribution in [0.3, 0.4) is 0 Å². The summed E-state index contributed by atoms with van der Waals surface area (Å²) in [4.78, 5) is 13.5. The van der Waals surface area contributed by atoms with Crippen molar-refractivity contribution in [1.82, 2.24) is 0 Å². The smallest absolute Gasteiger partial charge is 0.248 e. The maximum absolute atomic E-state index is 11.4. The number of nitrogens with two attached hydrogens (primary N) is 1. The highest BCUT2D eigenvalue weighted by Crippen LogP contribution is 2.28. The van der Waals surface area contributed by atoms with Crippen LogP contribution in [0.4, 0.5) is 5.69 Å². The van der Waals surface area contributed by atoms with E-state index < -0.39 is 12.1 Å². The number of terminal acetylenes is 1. The van der Waals surface area contributed by atoms with Crippen molar-refractivity contribution in [1.29, 1.82) is 0 Å². The highest BCUT2D eigenvalue weighted by atomic mass is 16.5. The molecule has 1 aromatic rings. The van der Waals surface area contributed by atoms with Crippen molar-refractivity contribution >= 4 is 11.6 Å². The molecule has 22 heavy (non-hydrogen) atoms. The molecule has 1 aliphatic rings. The van der Waals surface area contributed by atoms with Crippen molar-refractivity contribution in [2.75, 3.05) is 18.6 Å². The molecule has 0 aliphatic carbocycles. The van der Waals surface area contributed by atoms with Gasteiger partial charge in [0.15, 0.2) is 6.23 Å². The predicted octanol–water partition coefficient (Wildman–Crippen LogP) is 1.77. The zero-order valence-electron chi connectivity index (χ0n) is 13.0. The number of rotatable bonds is 5. The number of hydrogen-bond acceptors (Lipinski definition) is 4. The predicted molar refractivity (Wildman–Crippen MR) is 85.5 cm³/mol. The second-order valence-corrected chi connectivity index (χ2v) is 5.44. The van der Waals surface area contributed by atoms with Gasteiger partial charge < -0.3 is 20.1 Å². The van der Waals surface area contributed by atoms with Crippen molar-refractivity contribution in [2.45, 2.75) is 38.1 Å². The fourth-order valence-electron chi connectivity index (χ4n) is 2.85. The molecule has 3 unspecified atom stereocenters. The van der Waals surface area contributed by atoms with Crippen LogP contribution in [-0.4, -0.2) is 38.0 Å². The molecule has 1 heterocycles. The largest absolute Gasteiger partial charge is 0.378 e. The molecule has 0 saturated carbocycles. The Morgan fingerprint density at radius 1 is 1.59 bits per heavy atom. The van der Waals surface area contributed by atoms with Crippen molar-refractivity contribution in [2.24, 2.45) is 5.73 Å². The van der Waals surface area contributed by atoms with Crippen molar-refractivity contribution < 1.29 is 14.3 Å². The molecule has 2 rings (SSSR count). The van der Waals surface area contributed by atoms with Gasteiger partial charge in [0.2, 0.25) is 5.91 Å². The number of nitrogens with zero attached hydrogens (tertiary/aromatic N) is 1. The van der Waals surface area contributed by atoms with Gasteiger partial charge in [-0.1, -0.05) is 12.0 Å². The third-order valence-corrected chi connectivity index (χ3v) is 3.90. The normalized spacial score (nSPS) is 22.6. The molecule has 5 heteroatoms. The monoisotopic (exact) mass is 302 g/mol. The minimum Gasteiger partial charge on any atom is -0.378 e. The van der Waals surface area contributed by atoms with E-state index in [-0.39, 0.29) is 12.1 Å². The molecule has 0 spiro atoms. The number of benzene rings is 1. The van der Waals surface area contributed by atoms with Crippen LogP contribution in [0.2, 0.25) is 0 Å². The molecule has 0 aromatic heterocycles. The Labute approximate surface area is 131 Å². The van der Waals surface area contributed by atoms with Crippen LogP contribution in [0.15, 0.2) is 24.3 Å². The second kappa shape index (κ2) is 7.30. The van der Waals surface area contributed by atoms with Crippen LogP contribution in [0.1, 0.15) is 30.1 Å². The van der Waals surface area contributed by atoms with Gasteiger partial charge in [0.1, 0.15) is 0 Å². The quantitative estimate of drug-likeness (QED) is 0.665. The number of amides is 1. The molecule has 1 saturated heterocycles. The Hall–Kier alpha value is -2.03. The van der Waals surface area contributed by atoms with E-state index in [1.54, 1.807) is 25.3 Å². The summed E-state index contributed by atoms with van der Waals surface area (Å²) < 4.78 is 11.0. The Bertz CT molecular complexity index is 567. The lowest BCUT2D eigenvalue weighted by atomic mass is 10.0. The number of methoxy groups -OCH3 is 1. The van der Waals surface area contributed by atoms with Crippen molar-refractivity contribution in [3.8, 4) is 12.3 Å². The van der Waals surface area contributed by atoms with E-state index in [0.717, 1.165) is 18.5 Å². The first-order valence-corrected chi connectivity index (χ1v) is 7.35. The van der Waals surface area contributed by atoms with Crippen LogP contribution in [0.5, 0.6) is 0 Å². The van der Waals surface area contributed by atoms with E-state index in [9.17, 15) is 4.79 Å². The Morgan fingerprint density at radius 2 is 2.36 bits per heavy atom. The van der Waals surface area contributed by atoms with Gasteiger partial charge in [-0.2, -0.15) is 0 Å². The van der Waals surface area contributed by atoms with Gasteiger partial charge in [0.05, 0.1) is 6.10 Å². The third-order valence-electron chi connectivity index (χ3n) is 3.90. The first-order valence-electron chi connectivity index (χ1n) is 7.35. The van der Waals surface area contributed by atoms with E-state index >= 15 is 0 Å². The van der Waals surface area contributed by atoms with E-state index in [2.05, 4.69) is 5.92 Å². The molecular formula is C17H22N2O3. The van der Waals surface area contributed by atoms with Gasteiger partial charge in [0, 0.05) is 31.0 Å². The van der Waals surface area contributed by atoms with Gasteiger partial charge in [-0.3, -0.25) is 4.79 Å². The maximum Gasteiger partial charge on any atom is 0.248 e. The third kappa shape index (κ3) is 3.59.